The summed E-state index contributed by atoms with van der Waals surface area (Å²) in [5.74, 6) is 0. The molecule has 0 saturated heterocycles. The van der Waals surface area contributed by atoms with Crippen LogP contribution in [0.5, 0.6) is 0 Å². The van der Waals surface area contributed by atoms with Crippen LogP contribution in [0.1, 0.15) is 38.2 Å². The average Bonchev–Trinajstić information content (AvgIpc) is 2.54. The SMILES string of the molecule is CCOCc1ccccc1NC(=O)NC1CCCCC1OC. The van der Waals surface area contributed by atoms with E-state index in [-0.39, 0.29) is 18.2 Å². The molecular weight excluding hydrogens is 280 g/mol. The largest absolute Gasteiger partial charge is 0.379 e. The van der Waals surface area contributed by atoms with Crippen molar-refractivity contribution in [1.82, 2.24) is 5.32 Å². The van der Waals surface area contributed by atoms with E-state index < -0.39 is 0 Å². The number of rotatable bonds is 6. The van der Waals surface area contributed by atoms with Gasteiger partial charge in [-0.05, 0) is 25.8 Å². The van der Waals surface area contributed by atoms with Crippen LogP contribution in [0.25, 0.3) is 0 Å². The highest BCUT2D eigenvalue weighted by molar-refractivity contribution is 5.90. The van der Waals surface area contributed by atoms with Crippen molar-refractivity contribution in [1.29, 1.82) is 0 Å². The lowest BCUT2D eigenvalue weighted by Crippen LogP contribution is -2.47. The lowest BCUT2D eigenvalue weighted by molar-refractivity contribution is 0.0459. The highest BCUT2D eigenvalue weighted by atomic mass is 16.5. The Balaban J connectivity index is 1.94. The molecule has 1 fully saturated rings. The number of amides is 2. The van der Waals surface area contributed by atoms with Gasteiger partial charge >= 0.3 is 6.03 Å². The number of nitrogens with one attached hydrogen (secondary N) is 2. The Morgan fingerprint density at radius 1 is 1.27 bits per heavy atom. The van der Waals surface area contributed by atoms with Crippen LogP contribution >= 0.6 is 0 Å². The summed E-state index contributed by atoms with van der Waals surface area (Å²) < 4.78 is 10.9. The molecule has 0 aliphatic heterocycles. The normalized spacial score (nSPS) is 21.4. The summed E-state index contributed by atoms with van der Waals surface area (Å²) >= 11 is 0. The van der Waals surface area contributed by atoms with E-state index in [1.54, 1.807) is 7.11 Å². The maximum absolute atomic E-state index is 12.2. The molecule has 1 saturated carbocycles. The highest BCUT2D eigenvalue weighted by Gasteiger charge is 2.26. The zero-order valence-electron chi connectivity index (χ0n) is 13.4. The Hall–Kier alpha value is -1.59. The lowest BCUT2D eigenvalue weighted by Gasteiger charge is -2.31. The molecule has 0 aromatic heterocycles. The van der Waals surface area contributed by atoms with Gasteiger partial charge in [-0.3, -0.25) is 0 Å². The van der Waals surface area contributed by atoms with Crippen LogP contribution in [-0.2, 0) is 16.1 Å². The summed E-state index contributed by atoms with van der Waals surface area (Å²) in [7, 11) is 1.71. The third-order valence-electron chi connectivity index (χ3n) is 4.05. The van der Waals surface area contributed by atoms with E-state index in [0.717, 1.165) is 36.9 Å². The first-order valence-electron chi connectivity index (χ1n) is 8.00. The van der Waals surface area contributed by atoms with Crippen LogP contribution in [0.4, 0.5) is 10.5 Å². The molecule has 0 heterocycles. The lowest BCUT2D eigenvalue weighted by atomic mass is 9.92. The van der Waals surface area contributed by atoms with Gasteiger partial charge in [-0.25, -0.2) is 4.79 Å². The summed E-state index contributed by atoms with van der Waals surface area (Å²) in [5.41, 5.74) is 1.77. The van der Waals surface area contributed by atoms with Crippen molar-refractivity contribution in [3.05, 3.63) is 29.8 Å². The van der Waals surface area contributed by atoms with Gasteiger partial charge in [0.25, 0.3) is 0 Å². The molecule has 1 aromatic carbocycles. The molecule has 2 amide bonds. The fourth-order valence-corrected chi connectivity index (χ4v) is 2.85. The molecule has 2 rings (SSSR count). The van der Waals surface area contributed by atoms with Crippen LogP contribution in [0, 0.1) is 0 Å². The average molecular weight is 306 g/mol. The Bertz CT molecular complexity index is 479. The van der Waals surface area contributed by atoms with Gasteiger partial charge in [0.15, 0.2) is 0 Å². The van der Waals surface area contributed by atoms with Crippen LogP contribution in [0.15, 0.2) is 24.3 Å². The van der Waals surface area contributed by atoms with Gasteiger partial charge in [0, 0.05) is 25.0 Å². The summed E-state index contributed by atoms with van der Waals surface area (Å²) in [4.78, 5) is 12.2. The van der Waals surface area contributed by atoms with Crippen LogP contribution in [-0.4, -0.2) is 31.9 Å². The maximum Gasteiger partial charge on any atom is 0.319 e. The first-order valence-corrected chi connectivity index (χ1v) is 8.00. The van der Waals surface area contributed by atoms with E-state index >= 15 is 0 Å². The van der Waals surface area contributed by atoms with Gasteiger partial charge in [0.1, 0.15) is 0 Å². The van der Waals surface area contributed by atoms with Crippen molar-refractivity contribution in [2.24, 2.45) is 0 Å². The maximum atomic E-state index is 12.2. The molecule has 2 unspecified atom stereocenters. The number of carbonyl (C=O) groups is 1. The van der Waals surface area contributed by atoms with E-state index in [9.17, 15) is 4.79 Å². The Labute approximate surface area is 132 Å². The molecule has 0 spiro atoms. The highest BCUT2D eigenvalue weighted by Crippen LogP contribution is 2.21. The fourth-order valence-electron chi connectivity index (χ4n) is 2.85. The predicted molar refractivity (Wildman–Crippen MR) is 87.0 cm³/mol. The molecule has 1 aliphatic rings. The Morgan fingerprint density at radius 3 is 2.82 bits per heavy atom. The van der Waals surface area contributed by atoms with Crippen molar-refractivity contribution in [2.75, 3.05) is 19.0 Å². The molecule has 122 valence electrons. The number of para-hydroxylation sites is 1. The standard InChI is InChI=1S/C17H26N2O3/c1-3-22-12-13-8-4-5-9-14(13)18-17(20)19-15-10-6-7-11-16(15)21-2/h4-5,8-9,15-16H,3,6-7,10-12H2,1-2H3,(H2,18,19,20). The van der Waals surface area contributed by atoms with Crippen molar-refractivity contribution in [3.63, 3.8) is 0 Å². The number of ether oxygens (including phenoxy) is 2. The first kappa shape index (κ1) is 16.8. The second-order valence-electron chi connectivity index (χ2n) is 5.56. The predicted octanol–water partition coefficient (Wildman–Crippen LogP) is 3.30. The summed E-state index contributed by atoms with van der Waals surface area (Å²) in [5, 5.41) is 5.96. The van der Waals surface area contributed by atoms with E-state index in [1.807, 2.05) is 31.2 Å². The second kappa shape index (κ2) is 8.76. The quantitative estimate of drug-likeness (QED) is 0.847. The smallest absolute Gasteiger partial charge is 0.319 e. The molecule has 1 aromatic rings. The molecular formula is C17H26N2O3. The van der Waals surface area contributed by atoms with Crippen LogP contribution in [0.3, 0.4) is 0 Å². The second-order valence-corrected chi connectivity index (χ2v) is 5.56. The minimum Gasteiger partial charge on any atom is -0.379 e. The molecule has 0 bridgehead atoms. The molecule has 22 heavy (non-hydrogen) atoms. The van der Waals surface area contributed by atoms with Crippen molar-refractivity contribution < 1.29 is 14.3 Å². The van der Waals surface area contributed by atoms with Crippen LogP contribution in [0.2, 0.25) is 0 Å². The van der Waals surface area contributed by atoms with Crippen molar-refractivity contribution >= 4 is 11.7 Å². The number of methoxy groups -OCH3 is 1. The number of hydrogen-bond donors (Lipinski definition) is 2. The number of urea groups is 1. The van der Waals surface area contributed by atoms with Crippen molar-refractivity contribution in [2.45, 2.75) is 51.4 Å². The van der Waals surface area contributed by atoms with Crippen molar-refractivity contribution in [3.8, 4) is 0 Å². The Kier molecular flexibility index (Phi) is 6.68. The molecule has 2 atom stereocenters. The molecule has 0 radical (unpaired) electrons. The van der Waals surface area contributed by atoms with Gasteiger partial charge in [-0.15, -0.1) is 0 Å². The zero-order valence-corrected chi connectivity index (χ0v) is 13.4. The van der Waals surface area contributed by atoms with E-state index in [1.165, 1.54) is 0 Å². The minimum atomic E-state index is -0.183. The Morgan fingerprint density at radius 2 is 2.05 bits per heavy atom. The summed E-state index contributed by atoms with van der Waals surface area (Å²) in [6, 6.07) is 7.60. The van der Waals surface area contributed by atoms with Gasteiger partial charge in [0.05, 0.1) is 18.8 Å². The third-order valence-corrected chi connectivity index (χ3v) is 4.05. The topological polar surface area (TPSA) is 59.6 Å². The van der Waals surface area contributed by atoms with Gasteiger partial charge in [0.2, 0.25) is 0 Å². The molecule has 2 N–H and O–H groups in total. The molecule has 1 aliphatic carbocycles. The van der Waals surface area contributed by atoms with E-state index in [0.29, 0.717) is 13.2 Å². The summed E-state index contributed by atoms with van der Waals surface area (Å²) in [6.07, 6.45) is 4.37. The summed E-state index contributed by atoms with van der Waals surface area (Å²) in [6.45, 7) is 3.10. The fraction of sp³-hybridized carbons (Fsp3) is 0.588. The third kappa shape index (κ3) is 4.71. The zero-order chi connectivity index (χ0) is 15.8. The van der Waals surface area contributed by atoms with E-state index in [4.69, 9.17) is 9.47 Å². The number of benzene rings is 1. The van der Waals surface area contributed by atoms with E-state index in [2.05, 4.69) is 10.6 Å². The van der Waals surface area contributed by atoms with Gasteiger partial charge in [-0.2, -0.15) is 0 Å². The minimum absolute atomic E-state index is 0.0813. The van der Waals surface area contributed by atoms with Gasteiger partial charge < -0.3 is 20.1 Å². The number of anilines is 1. The monoisotopic (exact) mass is 306 g/mol. The van der Waals surface area contributed by atoms with Gasteiger partial charge in [-0.1, -0.05) is 31.0 Å². The molecule has 5 heteroatoms. The number of hydrogen-bond acceptors (Lipinski definition) is 3. The number of carbonyl (C=O) groups excluding carboxylic acids is 1. The van der Waals surface area contributed by atoms with Crippen LogP contribution < -0.4 is 10.6 Å². The molecule has 5 nitrogen and oxygen atoms in total. The first-order chi connectivity index (χ1) is 10.7.